The molecule has 0 atom stereocenters. The van der Waals surface area contributed by atoms with E-state index < -0.39 is 0 Å². The van der Waals surface area contributed by atoms with Gasteiger partial charge in [0.05, 0.1) is 5.69 Å². The van der Waals surface area contributed by atoms with Crippen molar-refractivity contribution in [1.29, 1.82) is 0 Å². The number of pyridine rings is 1. The Balaban J connectivity index is 1.76. The number of halogens is 1. The molecule has 1 aliphatic rings. The SMILES string of the molecule is Cc1nc(NCCC(=O)N2CCCCC2)ccc1Br. The average Bonchev–Trinajstić information content (AvgIpc) is 2.43. The largest absolute Gasteiger partial charge is 0.370 e. The second-order valence-corrected chi connectivity index (χ2v) is 5.74. The standard InChI is InChI=1S/C14H20BrN3O/c1-11-12(15)5-6-13(17-11)16-8-7-14(19)18-9-3-2-4-10-18/h5-6H,2-4,7-10H2,1H3,(H,16,17). The number of piperidine rings is 1. The number of aryl methyl sites for hydroxylation is 1. The summed E-state index contributed by atoms with van der Waals surface area (Å²) in [5, 5.41) is 3.20. The first-order chi connectivity index (χ1) is 9.16. The summed E-state index contributed by atoms with van der Waals surface area (Å²) < 4.78 is 1.00. The molecule has 1 saturated heterocycles. The lowest BCUT2D eigenvalue weighted by atomic mass is 10.1. The van der Waals surface area contributed by atoms with Crippen molar-refractivity contribution in [2.75, 3.05) is 25.0 Å². The predicted molar refractivity (Wildman–Crippen MR) is 80.2 cm³/mol. The molecule has 1 aromatic heterocycles. The Bertz CT molecular complexity index is 444. The van der Waals surface area contributed by atoms with Crippen molar-refractivity contribution in [1.82, 2.24) is 9.88 Å². The van der Waals surface area contributed by atoms with Gasteiger partial charge in [-0.1, -0.05) is 0 Å². The number of rotatable bonds is 4. The van der Waals surface area contributed by atoms with Crippen LogP contribution < -0.4 is 5.32 Å². The fraction of sp³-hybridized carbons (Fsp3) is 0.571. The third-order valence-electron chi connectivity index (χ3n) is 3.38. The van der Waals surface area contributed by atoms with Crippen molar-refractivity contribution < 1.29 is 4.79 Å². The van der Waals surface area contributed by atoms with E-state index in [0.717, 1.165) is 41.9 Å². The van der Waals surface area contributed by atoms with Crippen molar-refractivity contribution in [3.05, 3.63) is 22.3 Å². The first kappa shape index (κ1) is 14.3. The number of carbonyl (C=O) groups is 1. The Kier molecular flexibility index (Phi) is 5.19. The molecule has 2 heterocycles. The monoisotopic (exact) mass is 325 g/mol. The number of carbonyl (C=O) groups excluding carboxylic acids is 1. The molecule has 1 amide bonds. The van der Waals surface area contributed by atoms with E-state index in [1.807, 2.05) is 24.0 Å². The van der Waals surface area contributed by atoms with Gasteiger partial charge in [-0.15, -0.1) is 0 Å². The molecule has 0 aromatic carbocycles. The normalized spacial score (nSPS) is 15.4. The fourth-order valence-corrected chi connectivity index (χ4v) is 2.46. The Morgan fingerprint density at radius 3 is 2.79 bits per heavy atom. The predicted octanol–water partition coefficient (Wildman–Crippen LogP) is 2.97. The number of nitrogens with one attached hydrogen (secondary N) is 1. The van der Waals surface area contributed by atoms with Gasteiger partial charge in [0.15, 0.2) is 0 Å². The lowest BCUT2D eigenvalue weighted by Crippen LogP contribution is -2.36. The molecule has 5 heteroatoms. The Labute approximate surface area is 122 Å². The number of hydrogen-bond donors (Lipinski definition) is 1. The van der Waals surface area contributed by atoms with Crippen LogP contribution in [0.4, 0.5) is 5.82 Å². The highest BCUT2D eigenvalue weighted by molar-refractivity contribution is 9.10. The Hall–Kier alpha value is -1.10. The zero-order chi connectivity index (χ0) is 13.7. The molecular formula is C14H20BrN3O. The fourth-order valence-electron chi connectivity index (χ4n) is 2.24. The van der Waals surface area contributed by atoms with Crippen molar-refractivity contribution in [3.8, 4) is 0 Å². The summed E-state index contributed by atoms with van der Waals surface area (Å²) in [6.45, 7) is 4.44. The number of anilines is 1. The molecule has 0 bridgehead atoms. The van der Waals surface area contributed by atoms with E-state index in [1.54, 1.807) is 0 Å². The number of amides is 1. The van der Waals surface area contributed by atoms with Crippen LogP contribution in [0.15, 0.2) is 16.6 Å². The van der Waals surface area contributed by atoms with E-state index >= 15 is 0 Å². The summed E-state index contributed by atoms with van der Waals surface area (Å²) in [5.74, 6) is 1.08. The van der Waals surface area contributed by atoms with Gasteiger partial charge in [-0.3, -0.25) is 4.79 Å². The lowest BCUT2D eigenvalue weighted by Gasteiger charge is -2.26. The topological polar surface area (TPSA) is 45.2 Å². The van der Waals surface area contributed by atoms with Gasteiger partial charge in [0, 0.05) is 30.5 Å². The molecule has 0 unspecified atom stereocenters. The second kappa shape index (κ2) is 6.89. The molecule has 4 nitrogen and oxygen atoms in total. The maximum atomic E-state index is 12.0. The molecule has 1 aromatic rings. The Morgan fingerprint density at radius 2 is 2.11 bits per heavy atom. The third kappa shape index (κ3) is 4.20. The second-order valence-electron chi connectivity index (χ2n) is 4.88. The zero-order valence-electron chi connectivity index (χ0n) is 11.3. The van der Waals surface area contributed by atoms with Gasteiger partial charge in [0.25, 0.3) is 0 Å². The van der Waals surface area contributed by atoms with Gasteiger partial charge in [0.1, 0.15) is 5.82 Å². The van der Waals surface area contributed by atoms with Crippen LogP contribution in [0.25, 0.3) is 0 Å². The first-order valence-electron chi connectivity index (χ1n) is 6.81. The van der Waals surface area contributed by atoms with Crippen LogP contribution in [0.1, 0.15) is 31.4 Å². The van der Waals surface area contributed by atoms with E-state index in [9.17, 15) is 4.79 Å². The van der Waals surface area contributed by atoms with Crippen LogP contribution in [-0.2, 0) is 4.79 Å². The minimum atomic E-state index is 0.251. The van der Waals surface area contributed by atoms with Gasteiger partial charge >= 0.3 is 0 Å². The number of likely N-dealkylation sites (tertiary alicyclic amines) is 1. The highest BCUT2D eigenvalue weighted by Gasteiger charge is 2.15. The molecule has 1 fully saturated rings. The number of aromatic nitrogens is 1. The van der Waals surface area contributed by atoms with E-state index in [-0.39, 0.29) is 5.91 Å². The number of hydrogen-bond acceptors (Lipinski definition) is 3. The van der Waals surface area contributed by atoms with Crippen molar-refractivity contribution in [3.63, 3.8) is 0 Å². The maximum Gasteiger partial charge on any atom is 0.224 e. The quantitative estimate of drug-likeness (QED) is 0.925. The molecule has 2 rings (SSSR count). The first-order valence-corrected chi connectivity index (χ1v) is 7.61. The minimum absolute atomic E-state index is 0.251. The zero-order valence-corrected chi connectivity index (χ0v) is 12.9. The van der Waals surface area contributed by atoms with Gasteiger partial charge in [-0.25, -0.2) is 4.98 Å². The van der Waals surface area contributed by atoms with Crippen LogP contribution in [0.2, 0.25) is 0 Å². The molecule has 0 radical (unpaired) electrons. The van der Waals surface area contributed by atoms with Crippen LogP contribution in [-0.4, -0.2) is 35.4 Å². The van der Waals surface area contributed by atoms with Crippen molar-refractivity contribution in [2.24, 2.45) is 0 Å². The van der Waals surface area contributed by atoms with E-state index in [1.165, 1.54) is 6.42 Å². The smallest absolute Gasteiger partial charge is 0.224 e. The highest BCUT2D eigenvalue weighted by atomic mass is 79.9. The lowest BCUT2D eigenvalue weighted by molar-refractivity contribution is -0.131. The summed E-state index contributed by atoms with van der Waals surface area (Å²) in [4.78, 5) is 18.3. The summed E-state index contributed by atoms with van der Waals surface area (Å²) in [6, 6.07) is 3.89. The molecule has 104 valence electrons. The molecule has 0 spiro atoms. The van der Waals surface area contributed by atoms with E-state index in [0.29, 0.717) is 13.0 Å². The van der Waals surface area contributed by atoms with Crippen LogP contribution >= 0.6 is 15.9 Å². The van der Waals surface area contributed by atoms with Crippen molar-refractivity contribution in [2.45, 2.75) is 32.6 Å². The van der Waals surface area contributed by atoms with Gasteiger partial charge < -0.3 is 10.2 Å². The van der Waals surface area contributed by atoms with E-state index in [4.69, 9.17) is 0 Å². The summed E-state index contributed by atoms with van der Waals surface area (Å²) >= 11 is 3.42. The highest BCUT2D eigenvalue weighted by Crippen LogP contribution is 2.16. The maximum absolute atomic E-state index is 12.0. The van der Waals surface area contributed by atoms with Crippen LogP contribution in [0.5, 0.6) is 0 Å². The summed E-state index contributed by atoms with van der Waals surface area (Å²) in [5.41, 5.74) is 0.951. The molecule has 1 N–H and O–H groups in total. The molecule has 0 aliphatic carbocycles. The van der Waals surface area contributed by atoms with Gasteiger partial charge in [-0.05, 0) is 54.2 Å². The summed E-state index contributed by atoms with van der Waals surface area (Å²) in [6.07, 6.45) is 4.08. The van der Waals surface area contributed by atoms with E-state index in [2.05, 4.69) is 26.2 Å². The van der Waals surface area contributed by atoms with Gasteiger partial charge in [0.2, 0.25) is 5.91 Å². The molecular weight excluding hydrogens is 306 g/mol. The molecule has 0 saturated carbocycles. The summed E-state index contributed by atoms with van der Waals surface area (Å²) in [7, 11) is 0. The molecule has 19 heavy (non-hydrogen) atoms. The van der Waals surface area contributed by atoms with Gasteiger partial charge in [-0.2, -0.15) is 0 Å². The third-order valence-corrected chi connectivity index (χ3v) is 4.21. The molecule has 1 aliphatic heterocycles. The average molecular weight is 326 g/mol. The van der Waals surface area contributed by atoms with Crippen LogP contribution in [0.3, 0.4) is 0 Å². The van der Waals surface area contributed by atoms with Crippen molar-refractivity contribution >= 4 is 27.7 Å². The number of nitrogens with zero attached hydrogens (tertiary/aromatic N) is 2. The Morgan fingerprint density at radius 1 is 1.37 bits per heavy atom. The van der Waals surface area contributed by atoms with Crippen LogP contribution in [0, 0.1) is 6.92 Å². The minimum Gasteiger partial charge on any atom is -0.370 e.